The molecule has 1 spiro atoms. The highest BCUT2D eigenvalue weighted by Gasteiger charge is 2.81. The third-order valence-corrected chi connectivity index (χ3v) is 6.24. The molecule has 3 heterocycles. The number of carbonyl (C=O) groups excluding carboxylic acids is 2. The van der Waals surface area contributed by atoms with E-state index in [1.54, 1.807) is 12.1 Å². The van der Waals surface area contributed by atoms with Crippen LogP contribution in [0.15, 0.2) is 89.9 Å². The van der Waals surface area contributed by atoms with Crippen LogP contribution in [-0.2, 0) is 30.2 Å². The molecule has 0 saturated carbocycles. The Labute approximate surface area is 178 Å². The van der Waals surface area contributed by atoms with Gasteiger partial charge in [0.05, 0.1) is 5.69 Å². The summed E-state index contributed by atoms with van der Waals surface area (Å²) in [6.07, 6.45) is -0.783. The van der Waals surface area contributed by atoms with Crippen LogP contribution >= 0.6 is 0 Å². The minimum atomic E-state index is -1.47. The standard InChI is InChI=1S/C25H18N2O4/c1-16(28)27-20-15-9-8-14-19(20)25(22(27)29)24(18-12-6-3-7-13-18)23(31-25)30-21(26-24)17-10-4-2-5-11-17/h2-15,23H,1H3/t23-,24-,25+/m1/s1. The summed E-state index contributed by atoms with van der Waals surface area (Å²) in [6.45, 7) is 1.38. The molecule has 0 N–H and O–H groups in total. The number of para-hydroxylation sites is 1. The molecule has 0 unspecified atom stereocenters. The van der Waals surface area contributed by atoms with Gasteiger partial charge in [-0.15, -0.1) is 0 Å². The van der Waals surface area contributed by atoms with E-state index < -0.39 is 23.3 Å². The summed E-state index contributed by atoms with van der Waals surface area (Å²) in [5.41, 5.74) is 0.127. The van der Waals surface area contributed by atoms with Gasteiger partial charge in [0.1, 0.15) is 0 Å². The number of nitrogens with zero attached hydrogens (tertiary/aromatic N) is 2. The van der Waals surface area contributed by atoms with Crippen molar-refractivity contribution >= 4 is 23.4 Å². The Hall–Kier alpha value is -3.77. The number of benzene rings is 3. The summed E-state index contributed by atoms with van der Waals surface area (Å²) < 4.78 is 12.4. The lowest BCUT2D eigenvalue weighted by atomic mass is 9.66. The van der Waals surface area contributed by atoms with Crippen LogP contribution in [0, 0.1) is 0 Å². The van der Waals surface area contributed by atoms with E-state index >= 15 is 0 Å². The molecule has 3 aromatic carbocycles. The summed E-state index contributed by atoms with van der Waals surface area (Å²) in [4.78, 5) is 32.5. The quantitative estimate of drug-likeness (QED) is 0.649. The fraction of sp³-hybridized carbons (Fsp3) is 0.160. The van der Waals surface area contributed by atoms with Gasteiger partial charge in [0.2, 0.25) is 23.7 Å². The highest BCUT2D eigenvalue weighted by Crippen LogP contribution is 2.66. The number of hydrogen-bond donors (Lipinski definition) is 0. The predicted octanol–water partition coefficient (Wildman–Crippen LogP) is 3.50. The van der Waals surface area contributed by atoms with Crippen molar-refractivity contribution < 1.29 is 19.1 Å². The maximum absolute atomic E-state index is 13.8. The van der Waals surface area contributed by atoms with E-state index in [2.05, 4.69) is 0 Å². The van der Waals surface area contributed by atoms with Crippen LogP contribution in [0.4, 0.5) is 5.69 Å². The van der Waals surface area contributed by atoms with Gasteiger partial charge in [-0.05, 0) is 23.8 Å². The van der Waals surface area contributed by atoms with Gasteiger partial charge in [0.15, 0.2) is 5.54 Å². The molecule has 152 valence electrons. The van der Waals surface area contributed by atoms with Gasteiger partial charge < -0.3 is 9.47 Å². The molecular weight excluding hydrogens is 392 g/mol. The third-order valence-electron chi connectivity index (χ3n) is 6.24. The molecule has 2 amide bonds. The summed E-state index contributed by atoms with van der Waals surface area (Å²) in [6, 6.07) is 26.3. The monoisotopic (exact) mass is 410 g/mol. The number of imide groups is 1. The van der Waals surface area contributed by atoms with Gasteiger partial charge in [-0.1, -0.05) is 66.7 Å². The highest BCUT2D eigenvalue weighted by atomic mass is 16.7. The van der Waals surface area contributed by atoms with Crippen molar-refractivity contribution in [3.05, 3.63) is 102 Å². The smallest absolute Gasteiger partial charge is 0.274 e. The summed E-state index contributed by atoms with van der Waals surface area (Å²) >= 11 is 0. The van der Waals surface area contributed by atoms with Crippen LogP contribution in [0.2, 0.25) is 0 Å². The fourth-order valence-corrected chi connectivity index (χ4v) is 4.92. The van der Waals surface area contributed by atoms with Crippen molar-refractivity contribution in [2.45, 2.75) is 24.4 Å². The number of carbonyl (C=O) groups is 2. The first kappa shape index (κ1) is 18.0. The van der Waals surface area contributed by atoms with E-state index in [4.69, 9.17) is 14.5 Å². The van der Waals surface area contributed by atoms with Crippen LogP contribution in [0.1, 0.15) is 23.6 Å². The van der Waals surface area contributed by atoms with E-state index in [0.29, 0.717) is 17.1 Å². The second-order valence-electron chi connectivity index (χ2n) is 7.84. The van der Waals surface area contributed by atoms with Crippen LogP contribution in [0.3, 0.4) is 0 Å². The van der Waals surface area contributed by atoms with Crippen molar-refractivity contribution in [2.24, 2.45) is 4.99 Å². The van der Waals surface area contributed by atoms with Crippen LogP contribution < -0.4 is 4.90 Å². The fourth-order valence-electron chi connectivity index (χ4n) is 4.92. The van der Waals surface area contributed by atoms with E-state index in [1.807, 2.05) is 72.8 Å². The number of fused-ring (bicyclic) bond motifs is 4. The molecule has 0 aromatic heterocycles. The molecule has 3 aromatic rings. The second-order valence-corrected chi connectivity index (χ2v) is 7.84. The highest BCUT2D eigenvalue weighted by molar-refractivity contribution is 6.23. The van der Waals surface area contributed by atoms with Crippen LogP contribution in [0.25, 0.3) is 0 Å². The maximum Gasteiger partial charge on any atom is 0.274 e. The van der Waals surface area contributed by atoms with Gasteiger partial charge in [-0.25, -0.2) is 9.89 Å². The van der Waals surface area contributed by atoms with Crippen molar-refractivity contribution in [3.8, 4) is 0 Å². The van der Waals surface area contributed by atoms with Crippen molar-refractivity contribution in [1.29, 1.82) is 0 Å². The average Bonchev–Trinajstić information content (AvgIpc) is 3.25. The van der Waals surface area contributed by atoms with Gasteiger partial charge in [-0.3, -0.25) is 9.59 Å². The molecule has 1 fully saturated rings. The van der Waals surface area contributed by atoms with Crippen molar-refractivity contribution in [2.75, 3.05) is 4.90 Å². The number of amides is 2. The number of hydrogen-bond acceptors (Lipinski definition) is 5. The first-order chi connectivity index (χ1) is 15.1. The SMILES string of the molecule is CC(=O)N1C(=O)[C@@]2(O[C@H]3OC(c4ccccc4)=N[C@]32c2ccccc2)c2ccccc21. The molecule has 31 heavy (non-hydrogen) atoms. The number of ether oxygens (including phenoxy) is 2. The van der Waals surface area contributed by atoms with Gasteiger partial charge in [0.25, 0.3) is 5.91 Å². The Morgan fingerprint density at radius 3 is 2.29 bits per heavy atom. The molecule has 3 atom stereocenters. The molecule has 6 rings (SSSR count). The van der Waals surface area contributed by atoms with E-state index in [-0.39, 0.29) is 5.91 Å². The lowest BCUT2D eigenvalue weighted by Crippen LogP contribution is -2.71. The minimum absolute atomic E-state index is 0.365. The first-order valence-electron chi connectivity index (χ1n) is 10.1. The largest absolute Gasteiger partial charge is 0.444 e. The summed E-state index contributed by atoms with van der Waals surface area (Å²) in [5.74, 6) is -0.392. The van der Waals surface area contributed by atoms with Crippen LogP contribution in [0.5, 0.6) is 0 Å². The lowest BCUT2D eigenvalue weighted by molar-refractivity contribution is -0.323. The molecule has 6 heteroatoms. The molecule has 0 aliphatic carbocycles. The second kappa shape index (κ2) is 6.12. The van der Waals surface area contributed by atoms with E-state index in [9.17, 15) is 9.59 Å². The molecule has 0 radical (unpaired) electrons. The average molecular weight is 410 g/mol. The molecule has 3 aliphatic heterocycles. The van der Waals surface area contributed by atoms with E-state index in [1.165, 1.54) is 11.8 Å². The molecular formula is C25H18N2O4. The zero-order valence-electron chi connectivity index (χ0n) is 16.7. The Morgan fingerprint density at radius 1 is 0.935 bits per heavy atom. The van der Waals surface area contributed by atoms with Gasteiger partial charge in [0, 0.05) is 18.1 Å². The Morgan fingerprint density at radius 2 is 1.58 bits per heavy atom. The Bertz CT molecular complexity index is 1260. The van der Waals surface area contributed by atoms with Crippen molar-refractivity contribution in [1.82, 2.24) is 0 Å². The van der Waals surface area contributed by atoms with Gasteiger partial charge in [-0.2, -0.15) is 0 Å². The van der Waals surface area contributed by atoms with Crippen molar-refractivity contribution in [3.63, 3.8) is 0 Å². The zero-order chi connectivity index (χ0) is 21.2. The Balaban J connectivity index is 1.63. The topological polar surface area (TPSA) is 68.2 Å². The normalized spacial score (nSPS) is 27.9. The zero-order valence-corrected chi connectivity index (χ0v) is 16.7. The first-order valence-corrected chi connectivity index (χ1v) is 10.1. The minimum Gasteiger partial charge on any atom is -0.444 e. The third kappa shape index (κ3) is 2.07. The lowest BCUT2D eigenvalue weighted by Gasteiger charge is -2.54. The number of rotatable bonds is 2. The van der Waals surface area contributed by atoms with Gasteiger partial charge >= 0.3 is 0 Å². The molecule has 1 saturated heterocycles. The van der Waals surface area contributed by atoms with E-state index in [0.717, 1.165) is 11.1 Å². The number of anilines is 1. The Kier molecular flexibility index (Phi) is 3.56. The molecule has 0 bridgehead atoms. The molecule has 3 aliphatic rings. The maximum atomic E-state index is 13.8. The number of aliphatic imine (C=N–C) groups is 1. The summed E-state index contributed by atoms with van der Waals surface area (Å²) in [5, 5.41) is 0. The molecule has 6 nitrogen and oxygen atoms in total. The predicted molar refractivity (Wildman–Crippen MR) is 113 cm³/mol. The summed E-state index contributed by atoms with van der Waals surface area (Å²) in [7, 11) is 0. The van der Waals surface area contributed by atoms with Crippen LogP contribution in [-0.4, -0.2) is 24.0 Å².